The number of rotatable bonds is 5. The topological polar surface area (TPSA) is 93.4 Å². The third-order valence-corrected chi connectivity index (χ3v) is 7.13. The second-order valence-electron chi connectivity index (χ2n) is 7.15. The number of nitrogens with zero attached hydrogens (tertiary/aromatic N) is 3. The fourth-order valence-corrected chi connectivity index (χ4v) is 5.71. The van der Waals surface area contributed by atoms with Crippen molar-refractivity contribution in [1.29, 1.82) is 0 Å². The van der Waals surface area contributed by atoms with Gasteiger partial charge < -0.3 is 20.7 Å². The van der Waals surface area contributed by atoms with Crippen molar-refractivity contribution in [2.24, 2.45) is 5.73 Å². The number of hydrogen-bond acceptors (Lipinski definition) is 8. The molecule has 3 N–H and O–H groups in total. The van der Waals surface area contributed by atoms with Gasteiger partial charge in [0.15, 0.2) is 10.9 Å². The molecular weight excluding hydrogens is 420 g/mol. The third kappa shape index (κ3) is 3.32. The predicted molar refractivity (Wildman–Crippen MR) is 108 cm³/mol. The minimum atomic E-state index is -4.12. The number of halogens is 2. The van der Waals surface area contributed by atoms with Crippen LogP contribution in [0, 0.1) is 0 Å². The maximum Gasteiger partial charge on any atom is 0.482 e. The van der Waals surface area contributed by atoms with Crippen molar-refractivity contribution in [2.45, 2.75) is 31.0 Å². The first kappa shape index (κ1) is 18.6. The Kier molecular flexibility index (Phi) is 4.41. The molecule has 0 saturated carbocycles. The Morgan fingerprint density at radius 2 is 2.07 bits per heavy atom. The molecule has 2 atom stereocenters. The SMILES string of the molecule is NC(=O)C(F)(F)Oc1ccc(-c2nccs2)c2sc(N3CC4CCC(C3)N4)nc12. The molecule has 5 rings (SSSR count). The Morgan fingerprint density at radius 3 is 2.72 bits per heavy atom. The molecule has 29 heavy (non-hydrogen) atoms. The molecule has 1 aromatic carbocycles. The van der Waals surface area contributed by atoms with Gasteiger partial charge in [-0.3, -0.25) is 4.79 Å². The minimum absolute atomic E-state index is 0.176. The maximum atomic E-state index is 13.9. The van der Waals surface area contributed by atoms with E-state index in [9.17, 15) is 13.6 Å². The molecule has 2 unspecified atom stereocenters. The van der Waals surface area contributed by atoms with Gasteiger partial charge in [0.2, 0.25) is 0 Å². The lowest BCUT2D eigenvalue weighted by Gasteiger charge is -2.32. The van der Waals surface area contributed by atoms with Gasteiger partial charge in [0.05, 0.1) is 4.70 Å². The summed E-state index contributed by atoms with van der Waals surface area (Å²) in [5, 5.41) is 6.92. The number of hydrogen-bond donors (Lipinski definition) is 2. The first-order chi connectivity index (χ1) is 13.9. The van der Waals surface area contributed by atoms with Crippen molar-refractivity contribution < 1.29 is 18.3 Å². The average molecular weight is 437 g/mol. The van der Waals surface area contributed by atoms with E-state index in [1.54, 1.807) is 12.3 Å². The standard InChI is InChI=1S/C18H17F2N5O2S2/c19-18(20,16(21)26)27-12-4-3-11(15-22-5-6-28-15)14-13(12)24-17(29-14)25-7-9-1-2-10(8-25)23-9/h3-6,9-10,23H,1-2,7-8H2,(H2,21,26). The molecule has 2 aliphatic heterocycles. The molecule has 2 saturated heterocycles. The molecule has 2 aromatic heterocycles. The van der Waals surface area contributed by atoms with E-state index in [1.165, 1.54) is 28.7 Å². The molecule has 3 aromatic rings. The van der Waals surface area contributed by atoms with Gasteiger partial charge in [-0.1, -0.05) is 11.3 Å². The number of carbonyl (C=O) groups is 1. The van der Waals surface area contributed by atoms with E-state index in [0.29, 0.717) is 16.8 Å². The van der Waals surface area contributed by atoms with E-state index in [0.717, 1.165) is 41.6 Å². The summed E-state index contributed by atoms with van der Waals surface area (Å²) in [5.41, 5.74) is 5.85. The highest BCUT2D eigenvalue weighted by Gasteiger charge is 2.41. The van der Waals surface area contributed by atoms with Crippen LogP contribution in [0.3, 0.4) is 0 Å². The summed E-state index contributed by atoms with van der Waals surface area (Å²) in [6.07, 6.45) is -0.188. The van der Waals surface area contributed by atoms with Crippen LogP contribution in [0.4, 0.5) is 13.9 Å². The van der Waals surface area contributed by atoms with Gasteiger partial charge in [-0.15, -0.1) is 11.3 Å². The van der Waals surface area contributed by atoms with Crippen molar-refractivity contribution in [3.63, 3.8) is 0 Å². The third-order valence-electron chi connectivity index (χ3n) is 5.17. The first-order valence-electron chi connectivity index (χ1n) is 9.12. The zero-order valence-corrected chi connectivity index (χ0v) is 16.7. The number of piperazine rings is 1. The van der Waals surface area contributed by atoms with Crippen LogP contribution in [0.2, 0.25) is 0 Å². The second kappa shape index (κ2) is 6.85. The van der Waals surface area contributed by atoms with Crippen LogP contribution in [-0.4, -0.2) is 47.2 Å². The predicted octanol–water partition coefficient (Wildman–Crippen LogP) is 2.82. The molecule has 11 heteroatoms. The lowest BCUT2D eigenvalue weighted by molar-refractivity contribution is -0.188. The molecule has 0 aliphatic carbocycles. The van der Waals surface area contributed by atoms with Crippen LogP contribution in [0.1, 0.15) is 12.8 Å². The first-order valence-corrected chi connectivity index (χ1v) is 10.8. The number of aromatic nitrogens is 2. The van der Waals surface area contributed by atoms with E-state index >= 15 is 0 Å². The smallest absolute Gasteiger partial charge is 0.423 e. The molecule has 2 fully saturated rings. The zero-order chi connectivity index (χ0) is 20.2. The fourth-order valence-electron chi connectivity index (χ4n) is 3.86. The van der Waals surface area contributed by atoms with Gasteiger partial charge >= 0.3 is 12.0 Å². The summed E-state index contributed by atoms with van der Waals surface area (Å²) >= 11 is 2.87. The zero-order valence-electron chi connectivity index (χ0n) is 15.1. The van der Waals surface area contributed by atoms with Crippen LogP contribution >= 0.6 is 22.7 Å². The highest BCUT2D eigenvalue weighted by Crippen LogP contribution is 2.43. The number of carbonyl (C=O) groups excluding carboxylic acids is 1. The van der Waals surface area contributed by atoms with E-state index in [2.05, 4.69) is 20.2 Å². The monoisotopic (exact) mass is 437 g/mol. The molecule has 152 valence electrons. The minimum Gasteiger partial charge on any atom is -0.423 e. The Labute approximate surface area is 172 Å². The van der Waals surface area contributed by atoms with E-state index < -0.39 is 12.0 Å². The van der Waals surface area contributed by atoms with Crippen molar-refractivity contribution in [2.75, 3.05) is 18.0 Å². The Bertz CT molecular complexity index is 1060. The number of fused-ring (bicyclic) bond motifs is 3. The lowest BCUT2D eigenvalue weighted by atomic mass is 10.2. The largest absolute Gasteiger partial charge is 0.482 e. The number of amides is 1. The molecule has 4 heterocycles. The van der Waals surface area contributed by atoms with Gasteiger partial charge in [0.25, 0.3) is 0 Å². The maximum absolute atomic E-state index is 13.9. The summed E-state index contributed by atoms with van der Waals surface area (Å²) in [5.74, 6) is -2.02. The number of nitrogens with two attached hydrogens (primary N) is 1. The summed E-state index contributed by atoms with van der Waals surface area (Å²) in [7, 11) is 0. The number of primary amides is 1. The molecule has 0 spiro atoms. The Morgan fingerprint density at radius 1 is 1.31 bits per heavy atom. The van der Waals surface area contributed by atoms with Gasteiger partial charge in [-0.05, 0) is 25.0 Å². The number of alkyl halides is 2. The summed E-state index contributed by atoms with van der Waals surface area (Å²) in [6.45, 7) is 1.63. The Hall–Kier alpha value is -2.37. The van der Waals surface area contributed by atoms with Crippen LogP contribution in [0.5, 0.6) is 5.75 Å². The van der Waals surface area contributed by atoms with Crippen molar-refractivity contribution in [1.82, 2.24) is 15.3 Å². The summed E-state index contributed by atoms with van der Waals surface area (Å²) in [4.78, 5) is 22.2. The van der Waals surface area contributed by atoms with Crippen LogP contribution in [0.15, 0.2) is 23.7 Å². The number of anilines is 1. The van der Waals surface area contributed by atoms with Crippen LogP contribution in [-0.2, 0) is 4.79 Å². The van der Waals surface area contributed by atoms with Crippen molar-refractivity contribution in [3.05, 3.63) is 23.7 Å². The summed E-state index contributed by atoms with van der Waals surface area (Å²) in [6, 6.07) is 3.88. The van der Waals surface area contributed by atoms with Gasteiger partial charge in [-0.2, -0.15) is 8.78 Å². The van der Waals surface area contributed by atoms with E-state index in [1.807, 2.05) is 5.38 Å². The van der Waals surface area contributed by atoms with Crippen LogP contribution < -0.4 is 20.7 Å². The number of ether oxygens (including phenoxy) is 1. The molecule has 7 nitrogen and oxygen atoms in total. The molecule has 2 bridgehead atoms. The molecular formula is C18H17F2N5O2S2. The van der Waals surface area contributed by atoms with E-state index in [-0.39, 0.29) is 11.3 Å². The Balaban J connectivity index is 1.60. The normalized spacial score (nSPS) is 21.7. The summed E-state index contributed by atoms with van der Waals surface area (Å²) < 4.78 is 33.1. The van der Waals surface area contributed by atoms with Crippen LogP contribution in [0.25, 0.3) is 20.8 Å². The van der Waals surface area contributed by atoms with Gasteiger partial charge in [0, 0.05) is 42.3 Å². The average Bonchev–Trinajstić information content (AvgIpc) is 3.42. The number of nitrogens with one attached hydrogen (secondary N) is 1. The molecule has 2 aliphatic rings. The fraction of sp³-hybridized carbons (Fsp3) is 0.389. The number of benzene rings is 1. The van der Waals surface area contributed by atoms with Crippen molar-refractivity contribution >= 4 is 43.9 Å². The lowest BCUT2D eigenvalue weighted by Crippen LogP contribution is -2.51. The van der Waals surface area contributed by atoms with Gasteiger partial charge in [-0.25, -0.2) is 9.97 Å². The molecule has 1 amide bonds. The highest BCUT2D eigenvalue weighted by atomic mass is 32.1. The van der Waals surface area contributed by atoms with Gasteiger partial charge in [0.1, 0.15) is 10.5 Å². The molecule has 0 radical (unpaired) electrons. The van der Waals surface area contributed by atoms with E-state index in [4.69, 9.17) is 10.5 Å². The number of thiazole rings is 2. The quantitative estimate of drug-likeness (QED) is 0.638. The second-order valence-corrected chi connectivity index (χ2v) is 9.02. The van der Waals surface area contributed by atoms with Crippen molar-refractivity contribution in [3.8, 4) is 16.3 Å². The highest BCUT2D eigenvalue weighted by molar-refractivity contribution is 7.23.